The highest BCUT2D eigenvalue weighted by atomic mass is 14.9. The molecule has 1 heterocycles. The van der Waals surface area contributed by atoms with Gasteiger partial charge in [-0.3, -0.25) is 0 Å². The highest BCUT2D eigenvalue weighted by molar-refractivity contribution is 5.20. The lowest BCUT2D eigenvalue weighted by Gasteiger charge is -2.27. The molecular formula is C19H29N. The fraction of sp³-hybridized carbons (Fsp3) is 0.684. The zero-order valence-electron chi connectivity index (χ0n) is 12.7. The highest BCUT2D eigenvalue weighted by Gasteiger charge is 2.27. The van der Waals surface area contributed by atoms with Crippen LogP contribution < -0.4 is 5.32 Å². The van der Waals surface area contributed by atoms with Gasteiger partial charge in [-0.05, 0) is 49.2 Å². The lowest BCUT2D eigenvalue weighted by molar-refractivity contribution is 0.272. The summed E-state index contributed by atoms with van der Waals surface area (Å²) >= 11 is 0. The molecule has 1 N–H and O–H groups in total. The summed E-state index contributed by atoms with van der Waals surface area (Å²) in [4.78, 5) is 0. The Bertz CT molecular complexity index is 378. The first-order valence-electron chi connectivity index (χ1n) is 8.69. The van der Waals surface area contributed by atoms with Gasteiger partial charge in [0.25, 0.3) is 0 Å². The van der Waals surface area contributed by atoms with E-state index in [0.717, 1.165) is 17.8 Å². The van der Waals surface area contributed by atoms with E-state index in [1.807, 2.05) is 0 Å². The lowest BCUT2D eigenvalue weighted by atomic mass is 9.78. The van der Waals surface area contributed by atoms with Gasteiger partial charge in [0.15, 0.2) is 0 Å². The van der Waals surface area contributed by atoms with Crippen LogP contribution in [0.4, 0.5) is 0 Å². The molecule has 0 bridgehead atoms. The van der Waals surface area contributed by atoms with Crippen LogP contribution >= 0.6 is 0 Å². The Labute approximate surface area is 124 Å². The molecule has 2 fully saturated rings. The van der Waals surface area contributed by atoms with Crippen molar-refractivity contribution in [3.63, 3.8) is 0 Å². The molecular weight excluding hydrogens is 242 g/mol. The molecule has 0 spiro atoms. The van der Waals surface area contributed by atoms with Crippen molar-refractivity contribution >= 4 is 0 Å². The van der Waals surface area contributed by atoms with Crippen molar-refractivity contribution in [1.29, 1.82) is 0 Å². The average molecular weight is 271 g/mol. The Morgan fingerprint density at radius 2 is 1.55 bits per heavy atom. The van der Waals surface area contributed by atoms with Crippen LogP contribution in [-0.2, 0) is 0 Å². The van der Waals surface area contributed by atoms with Gasteiger partial charge in [-0.1, -0.05) is 68.9 Å². The van der Waals surface area contributed by atoms with Crippen LogP contribution in [0.1, 0.15) is 62.8 Å². The smallest absolute Gasteiger partial charge is 0.00176 e. The third kappa shape index (κ3) is 3.63. The van der Waals surface area contributed by atoms with Crippen molar-refractivity contribution in [1.82, 2.24) is 5.32 Å². The normalized spacial score (nSPS) is 29.6. The van der Waals surface area contributed by atoms with Crippen molar-refractivity contribution in [3.8, 4) is 0 Å². The van der Waals surface area contributed by atoms with Crippen LogP contribution in [-0.4, -0.2) is 13.1 Å². The minimum atomic E-state index is 0.777. The topological polar surface area (TPSA) is 12.0 Å². The molecule has 2 atom stereocenters. The monoisotopic (exact) mass is 271 g/mol. The zero-order valence-corrected chi connectivity index (χ0v) is 12.7. The van der Waals surface area contributed by atoms with Crippen LogP contribution in [0.5, 0.6) is 0 Å². The van der Waals surface area contributed by atoms with Crippen molar-refractivity contribution in [2.24, 2.45) is 11.8 Å². The van der Waals surface area contributed by atoms with Gasteiger partial charge >= 0.3 is 0 Å². The Hall–Kier alpha value is -0.820. The first-order chi connectivity index (χ1) is 9.93. The molecule has 2 aliphatic rings. The molecule has 1 aliphatic heterocycles. The molecule has 3 rings (SSSR count). The van der Waals surface area contributed by atoms with Gasteiger partial charge in [0.05, 0.1) is 0 Å². The minimum Gasteiger partial charge on any atom is -0.316 e. The molecule has 20 heavy (non-hydrogen) atoms. The summed E-state index contributed by atoms with van der Waals surface area (Å²) in [6.07, 6.45) is 11.6. The van der Waals surface area contributed by atoms with Crippen LogP contribution in [0.2, 0.25) is 0 Å². The van der Waals surface area contributed by atoms with Gasteiger partial charge in [-0.25, -0.2) is 0 Å². The van der Waals surface area contributed by atoms with Crippen LogP contribution in [0.25, 0.3) is 0 Å². The summed E-state index contributed by atoms with van der Waals surface area (Å²) < 4.78 is 0. The SMILES string of the molecule is c1ccc(C2CCNCC(C3CCCCCC3)C2)cc1. The van der Waals surface area contributed by atoms with E-state index < -0.39 is 0 Å². The molecule has 0 aromatic heterocycles. The average Bonchev–Trinajstić information content (AvgIpc) is 2.91. The second kappa shape index (κ2) is 7.26. The molecule has 1 aliphatic carbocycles. The quantitative estimate of drug-likeness (QED) is 0.766. The second-order valence-electron chi connectivity index (χ2n) is 6.85. The van der Waals surface area contributed by atoms with E-state index in [4.69, 9.17) is 0 Å². The standard InChI is InChI=1S/C19H29N/c1-2-5-11-17(10-4-1)19-14-18(12-13-20-15-19)16-8-6-3-7-9-16/h3,6-9,17-20H,1-2,4-5,10-15H2. The Morgan fingerprint density at radius 3 is 2.30 bits per heavy atom. The first-order valence-corrected chi connectivity index (χ1v) is 8.69. The molecule has 1 heteroatoms. The number of hydrogen-bond donors (Lipinski definition) is 1. The summed E-state index contributed by atoms with van der Waals surface area (Å²) in [6.45, 7) is 2.46. The van der Waals surface area contributed by atoms with Gasteiger partial charge < -0.3 is 5.32 Å². The number of benzene rings is 1. The summed E-state index contributed by atoms with van der Waals surface area (Å²) in [5.74, 6) is 2.66. The van der Waals surface area contributed by atoms with E-state index in [9.17, 15) is 0 Å². The molecule has 0 radical (unpaired) electrons. The van der Waals surface area contributed by atoms with Crippen LogP contribution in [0.3, 0.4) is 0 Å². The third-order valence-corrected chi connectivity index (χ3v) is 5.50. The Morgan fingerprint density at radius 1 is 0.800 bits per heavy atom. The van der Waals surface area contributed by atoms with E-state index in [1.165, 1.54) is 64.5 Å². The number of rotatable bonds is 2. The minimum absolute atomic E-state index is 0.777. The maximum Gasteiger partial charge on any atom is -0.00176 e. The van der Waals surface area contributed by atoms with Crippen LogP contribution in [0.15, 0.2) is 30.3 Å². The maximum absolute atomic E-state index is 3.71. The lowest BCUT2D eigenvalue weighted by Crippen LogP contribution is -2.26. The molecule has 0 amide bonds. The van der Waals surface area contributed by atoms with Gasteiger partial charge in [0.1, 0.15) is 0 Å². The number of hydrogen-bond acceptors (Lipinski definition) is 1. The summed E-state index contributed by atoms with van der Waals surface area (Å²) in [5, 5.41) is 3.71. The van der Waals surface area contributed by atoms with E-state index >= 15 is 0 Å². The van der Waals surface area contributed by atoms with Gasteiger partial charge in [-0.2, -0.15) is 0 Å². The van der Waals surface area contributed by atoms with Gasteiger partial charge in [-0.15, -0.1) is 0 Å². The van der Waals surface area contributed by atoms with E-state index in [-0.39, 0.29) is 0 Å². The summed E-state index contributed by atoms with van der Waals surface area (Å²) in [6, 6.07) is 11.2. The van der Waals surface area contributed by atoms with Gasteiger partial charge in [0, 0.05) is 0 Å². The molecule has 1 nitrogen and oxygen atoms in total. The van der Waals surface area contributed by atoms with Crippen LogP contribution in [0, 0.1) is 11.8 Å². The van der Waals surface area contributed by atoms with Crippen molar-refractivity contribution in [2.75, 3.05) is 13.1 Å². The first kappa shape index (κ1) is 14.1. The predicted octanol–water partition coefficient (Wildman–Crippen LogP) is 4.74. The maximum atomic E-state index is 3.71. The molecule has 1 saturated heterocycles. The van der Waals surface area contributed by atoms with E-state index in [2.05, 4.69) is 35.6 Å². The zero-order chi connectivity index (χ0) is 13.6. The molecule has 110 valence electrons. The fourth-order valence-electron chi connectivity index (χ4n) is 4.30. The van der Waals surface area contributed by atoms with Crippen molar-refractivity contribution in [2.45, 2.75) is 57.3 Å². The fourth-order valence-corrected chi connectivity index (χ4v) is 4.30. The predicted molar refractivity (Wildman–Crippen MR) is 86.0 cm³/mol. The Kier molecular flexibility index (Phi) is 5.13. The molecule has 1 aromatic rings. The third-order valence-electron chi connectivity index (χ3n) is 5.50. The van der Waals surface area contributed by atoms with Gasteiger partial charge in [0.2, 0.25) is 0 Å². The molecule has 2 unspecified atom stereocenters. The highest BCUT2D eigenvalue weighted by Crippen LogP contribution is 2.37. The number of nitrogens with one attached hydrogen (secondary N) is 1. The largest absolute Gasteiger partial charge is 0.316 e. The molecule has 1 saturated carbocycles. The van der Waals surface area contributed by atoms with Crippen molar-refractivity contribution in [3.05, 3.63) is 35.9 Å². The van der Waals surface area contributed by atoms with E-state index in [1.54, 1.807) is 5.56 Å². The summed E-state index contributed by atoms with van der Waals surface area (Å²) in [7, 11) is 0. The van der Waals surface area contributed by atoms with E-state index in [0.29, 0.717) is 0 Å². The summed E-state index contributed by atoms with van der Waals surface area (Å²) in [5.41, 5.74) is 1.56. The second-order valence-corrected chi connectivity index (χ2v) is 6.85. The Balaban J connectivity index is 1.68. The molecule has 1 aromatic carbocycles. The van der Waals surface area contributed by atoms with Crippen molar-refractivity contribution < 1.29 is 0 Å².